The fourth-order valence-corrected chi connectivity index (χ4v) is 3.13. The second kappa shape index (κ2) is 9.15. The third-order valence-electron chi connectivity index (χ3n) is 4.68. The van der Waals surface area contributed by atoms with Crippen molar-refractivity contribution in [2.45, 2.75) is 51.1 Å². The van der Waals surface area contributed by atoms with Crippen molar-refractivity contribution in [3.8, 4) is 0 Å². The molecule has 2 rings (SSSR count). The number of nitrogens with two attached hydrogens (primary N) is 1. The van der Waals surface area contributed by atoms with Crippen molar-refractivity contribution >= 4 is 24.2 Å². The summed E-state index contributed by atoms with van der Waals surface area (Å²) in [5, 5.41) is 5.61. The Bertz CT molecular complexity index is 586. The normalized spacial score (nSPS) is 16.8. The first-order valence-electron chi connectivity index (χ1n) is 8.44. The lowest BCUT2D eigenvalue weighted by atomic mass is 9.88. The maximum absolute atomic E-state index is 13.2. The fraction of sp³-hybridized carbons (Fsp3) is 0.556. The molecule has 0 bridgehead atoms. The molecule has 0 spiro atoms. The van der Waals surface area contributed by atoms with Crippen LogP contribution in [0.5, 0.6) is 0 Å². The van der Waals surface area contributed by atoms with E-state index in [-0.39, 0.29) is 42.5 Å². The van der Waals surface area contributed by atoms with Gasteiger partial charge in [-0.3, -0.25) is 9.59 Å². The van der Waals surface area contributed by atoms with Crippen LogP contribution in [0.3, 0.4) is 0 Å². The predicted molar refractivity (Wildman–Crippen MR) is 97.8 cm³/mol. The van der Waals surface area contributed by atoms with Crippen molar-refractivity contribution in [3.05, 3.63) is 35.6 Å². The molecular weight excluding hydrogens is 345 g/mol. The van der Waals surface area contributed by atoms with Gasteiger partial charge in [0, 0.05) is 0 Å². The van der Waals surface area contributed by atoms with Crippen molar-refractivity contribution < 1.29 is 14.0 Å². The SMILES string of the molecule is CC(C)[C@H](N)C(=O)NCC(=O)NC1(c2ccc(F)cc2)CCCC1.Cl. The third kappa shape index (κ3) is 5.41. The Labute approximate surface area is 154 Å². The van der Waals surface area contributed by atoms with Crippen LogP contribution in [0.2, 0.25) is 0 Å². The van der Waals surface area contributed by atoms with E-state index in [4.69, 9.17) is 5.73 Å². The van der Waals surface area contributed by atoms with Gasteiger partial charge < -0.3 is 16.4 Å². The van der Waals surface area contributed by atoms with Crippen molar-refractivity contribution in [2.75, 3.05) is 6.54 Å². The number of rotatable bonds is 6. The van der Waals surface area contributed by atoms with E-state index in [2.05, 4.69) is 10.6 Å². The highest BCUT2D eigenvalue weighted by atomic mass is 35.5. The average molecular weight is 372 g/mol. The lowest BCUT2D eigenvalue weighted by Gasteiger charge is -2.31. The Balaban J connectivity index is 0.00000312. The Morgan fingerprint density at radius 3 is 2.28 bits per heavy atom. The molecule has 25 heavy (non-hydrogen) atoms. The largest absolute Gasteiger partial charge is 0.346 e. The standard InChI is InChI=1S/C18H26FN3O2.ClH/c1-12(2)16(20)17(24)21-11-15(23)22-18(9-3-4-10-18)13-5-7-14(19)8-6-13;/h5-8,12,16H,3-4,9-11,20H2,1-2H3,(H,21,24)(H,22,23);1H/t16-;/m0./s1. The van der Waals surface area contributed by atoms with E-state index in [1.165, 1.54) is 12.1 Å². The summed E-state index contributed by atoms with van der Waals surface area (Å²) in [7, 11) is 0. The minimum absolute atomic E-state index is 0. The minimum Gasteiger partial charge on any atom is -0.346 e. The summed E-state index contributed by atoms with van der Waals surface area (Å²) in [6.07, 6.45) is 3.62. The van der Waals surface area contributed by atoms with E-state index in [0.29, 0.717) is 0 Å². The Morgan fingerprint density at radius 2 is 1.76 bits per heavy atom. The highest BCUT2D eigenvalue weighted by molar-refractivity contribution is 5.87. The lowest BCUT2D eigenvalue weighted by molar-refractivity contribution is -0.128. The maximum atomic E-state index is 13.2. The molecule has 0 radical (unpaired) electrons. The molecule has 0 saturated heterocycles. The Morgan fingerprint density at radius 1 is 1.20 bits per heavy atom. The van der Waals surface area contributed by atoms with Crippen molar-refractivity contribution in [3.63, 3.8) is 0 Å². The van der Waals surface area contributed by atoms with E-state index in [0.717, 1.165) is 31.2 Å². The van der Waals surface area contributed by atoms with Gasteiger partial charge in [-0.05, 0) is 36.5 Å². The molecule has 1 aliphatic rings. The molecule has 7 heteroatoms. The molecule has 4 N–H and O–H groups in total. The van der Waals surface area contributed by atoms with Crippen LogP contribution >= 0.6 is 12.4 Å². The summed E-state index contributed by atoms with van der Waals surface area (Å²) in [6, 6.07) is 5.62. The molecule has 1 aromatic rings. The summed E-state index contributed by atoms with van der Waals surface area (Å²) in [4.78, 5) is 24.2. The van der Waals surface area contributed by atoms with E-state index in [9.17, 15) is 14.0 Å². The van der Waals surface area contributed by atoms with Gasteiger partial charge in [0.15, 0.2) is 0 Å². The number of benzene rings is 1. The quantitative estimate of drug-likeness (QED) is 0.717. The molecule has 1 aliphatic carbocycles. The van der Waals surface area contributed by atoms with Gasteiger partial charge in [-0.15, -0.1) is 12.4 Å². The number of hydrogen-bond donors (Lipinski definition) is 3. The van der Waals surface area contributed by atoms with Gasteiger partial charge in [-0.25, -0.2) is 4.39 Å². The number of carbonyl (C=O) groups is 2. The third-order valence-corrected chi connectivity index (χ3v) is 4.68. The first kappa shape index (κ1) is 21.4. The van der Waals surface area contributed by atoms with E-state index in [1.807, 2.05) is 13.8 Å². The number of hydrogen-bond acceptors (Lipinski definition) is 3. The second-order valence-electron chi connectivity index (χ2n) is 6.83. The number of halogens is 2. The summed E-state index contributed by atoms with van der Waals surface area (Å²) in [6.45, 7) is 3.60. The number of carbonyl (C=O) groups excluding carboxylic acids is 2. The molecule has 140 valence electrons. The summed E-state index contributed by atoms with van der Waals surface area (Å²) >= 11 is 0. The van der Waals surface area contributed by atoms with Crippen LogP contribution in [0.25, 0.3) is 0 Å². The highest BCUT2D eigenvalue weighted by Gasteiger charge is 2.37. The zero-order valence-corrected chi connectivity index (χ0v) is 15.5. The molecule has 0 unspecified atom stereocenters. The minimum atomic E-state index is -0.629. The van der Waals surface area contributed by atoms with Gasteiger partial charge in [0.2, 0.25) is 11.8 Å². The van der Waals surface area contributed by atoms with Crippen molar-refractivity contribution in [1.29, 1.82) is 0 Å². The van der Waals surface area contributed by atoms with Crippen LogP contribution < -0.4 is 16.4 Å². The molecule has 1 saturated carbocycles. The van der Waals surface area contributed by atoms with Crippen LogP contribution in [0.4, 0.5) is 4.39 Å². The average Bonchev–Trinajstić information content (AvgIpc) is 3.01. The summed E-state index contributed by atoms with van der Waals surface area (Å²) < 4.78 is 13.2. The van der Waals surface area contributed by atoms with Gasteiger partial charge >= 0.3 is 0 Å². The van der Waals surface area contributed by atoms with Crippen LogP contribution in [0.1, 0.15) is 45.1 Å². The maximum Gasteiger partial charge on any atom is 0.240 e. The summed E-state index contributed by atoms with van der Waals surface area (Å²) in [5.41, 5.74) is 6.19. The van der Waals surface area contributed by atoms with Crippen LogP contribution in [-0.2, 0) is 15.1 Å². The van der Waals surface area contributed by atoms with E-state index >= 15 is 0 Å². The first-order chi connectivity index (χ1) is 11.3. The smallest absolute Gasteiger partial charge is 0.240 e. The molecule has 0 aromatic heterocycles. The van der Waals surface area contributed by atoms with Crippen LogP contribution in [0.15, 0.2) is 24.3 Å². The topological polar surface area (TPSA) is 84.2 Å². The van der Waals surface area contributed by atoms with Crippen molar-refractivity contribution in [1.82, 2.24) is 10.6 Å². The molecule has 5 nitrogen and oxygen atoms in total. The Hall–Kier alpha value is -1.66. The molecule has 1 aromatic carbocycles. The highest BCUT2D eigenvalue weighted by Crippen LogP contribution is 2.38. The number of nitrogens with one attached hydrogen (secondary N) is 2. The molecule has 0 heterocycles. The molecule has 0 aliphatic heterocycles. The molecular formula is C18H27ClFN3O2. The molecule has 1 atom stereocenters. The van der Waals surface area contributed by atoms with E-state index < -0.39 is 11.6 Å². The number of amides is 2. The fourth-order valence-electron chi connectivity index (χ4n) is 3.13. The van der Waals surface area contributed by atoms with Gasteiger partial charge in [0.05, 0.1) is 18.1 Å². The van der Waals surface area contributed by atoms with Gasteiger partial charge in [-0.2, -0.15) is 0 Å². The second-order valence-corrected chi connectivity index (χ2v) is 6.83. The molecule has 2 amide bonds. The zero-order valence-electron chi connectivity index (χ0n) is 14.7. The monoisotopic (exact) mass is 371 g/mol. The lowest BCUT2D eigenvalue weighted by Crippen LogP contribution is -2.51. The van der Waals surface area contributed by atoms with Gasteiger partial charge in [0.25, 0.3) is 0 Å². The van der Waals surface area contributed by atoms with Crippen molar-refractivity contribution in [2.24, 2.45) is 11.7 Å². The predicted octanol–water partition coefficient (Wildman–Crippen LogP) is 2.23. The summed E-state index contributed by atoms with van der Waals surface area (Å²) in [5.74, 6) is -0.880. The van der Waals surface area contributed by atoms with Crippen LogP contribution in [-0.4, -0.2) is 24.4 Å². The Kier molecular flexibility index (Phi) is 7.83. The van der Waals surface area contributed by atoms with Gasteiger partial charge in [-0.1, -0.05) is 38.8 Å². The molecule has 1 fully saturated rings. The van der Waals surface area contributed by atoms with Crippen LogP contribution in [0, 0.1) is 11.7 Å². The van der Waals surface area contributed by atoms with Gasteiger partial charge in [0.1, 0.15) is 5.82 Å². The first-order valence-corrected chi connectivity index (χ1v) is 8.44. The van der Waals surface area contributed by atoms with E-state index in [1.54, 1.807) is 12.1 Å². The zero-order chi connectivity index (χ0) is 17.7.